The molecule has 0 saturated carbocycles. The monoisotopic (exact) mass is 179 g/mol. The van der Waals surface area contributed by atoms with Crippen LogP contribution in [0.1, 0.15) is 11.5 Å². The first-order chi connectivity index (χ1) is 6.11. The Morgan fingerprint density at radius 1 is 1.38 bits per heavy atom. The molecule has 0 aromatic carbocycles. The Labute approximate surface area is 73.5 Å². The van der Waals surface area contributed by atoms with Crippen molar-refractivity contribution in [3.63, 3.8) is 0 Å². The maximum Gasteiger partial charge on any atom is 0.277 e. The minimum Gasteiger partial charge on any atom is -0.445 e. The van der Waals surface area contributed by atoms with Crippen LogP contribution in [0.25, 0.3) is 10.8 Å². The first kappa shape index (κ1) is 7.85. The number of nitrogens with zero attached hydrogens (tertiary/aromatic N) is 1. The van der Waals surface area contributed by atoms with Crippen molar-refractivity contribution in [1.82, 2.24) is 10.2 Å². The Bertz CT molecular complexity index is 524. The van der Waals surface area contributed by atoms with Gasteiger partial charge in [0, 0.05) is 0 Å². The number of aromatic amines is 1. The molecule has 5 heteroatoms. The minimum absolute atomic E-state index is 0.152. The number of nitrogens with one attached hydrogen (secondary N) is 1. The molecule has 0 aliphatic heterocycles. The van der Waals surface area contributed by atoms with Crippen LogP contribution >= 0.6 is 0 Å². The standard InChI is InChI=1S/C8H9N3O2/c1-3-5-4(2)13-7(9)6(5)8(12)11-10-3/h9H2,1-2H3,(H,11,12). The molecule has 0 unspecified atom stereocenters. The van der Waals surface area contributed by atoms with Gasteiger partial charge in [-0.15, -0.1) is 0 Å². The van der Waals surface area contributed by atoms with Gasteiger partial charge in [0.05, 0.1) is 11.1 Å². The second-order valence-electron chi connectivity index (χ2n) is 2.91. The van der Waals surface area contributed by atoms with E-state index in [9.17, 15) is 4.79 Å². The zero-order valence-corrected chi connectivity index (χ0v) is 7.34. The molecule has 2 heterocycles. The van der Waals surface area contributed by atoms with Crippen molar-refractivity contribution in [2.45, 2.75) is 13.8 Å². The van der Waals surface area contributed by atoms with E-state index in [1.54, 1.807) is 13.8 Å². The molecule has 0 aliphatic carbocycles. The number of aryl methyl sites for hydroxylation is 2. The topological polar surface area (TPSA) is 84.9 Å². The van der Waals surface area contributed by atoms with Gasteiger partial charge < -0.3 is 10.2 Å². The fraction of sp³-hybridized carbons (Fsp3) is 0.250. The van der Waals surface area contributed by atoms with Crippen molar-refractivity contribution in [2.75, 3.05) is 5.73 Å². The van der Waals surface area contributed by atoms with E-state index in [2.05, 4.69) is 10.2 Å². The Balaban J connectivity index is 3.12. The second-order valence-corrected chi connectivity index (χ2v) is 2.91. The average molecular weight is 179 g/mol. The number of rotatable bonds is 0. The number of hydrogen-bond acceptors (Lipinski definition) is 4. The van der Waals surface area contributed by atoms with Gasteiger partial charge in [-0.2, -0.15) is 5.10 Å². The third kappa shape index (κ3) is 0.932. The molecule has 5 nitrogen and oxygen atoms in total. The Hall–Kier alpha value is -1.78. The SMILES string of the molecule is Cc1n[nH]c(=O)c2c(N)oc(C)c12. The van der Waals surface area contributed by atoms with Gasteiger partial charge in [0.25, 0.3) is 5.56 Å². The molecule has 0 saturated heterocycles. The van der Waals surface area contributed by atoms with Crippen molar-refractivity contribution in [1.29, 1.82) is 0 Å². The van der Waals surface area contributed by atoms with Crippen molar-refractivity contribution in [3.05, 3.63) is 21.8 Å². The molecule has 0 spiro atoms. The van der Waals surface area contributed by atoms with Crippen LogP contribution in [-0.4, -0.2) is 10.2 Å². The van der Waals surface area contributed by atoms with E-state index in [1.807, 2.05) is 0 Å². The maximum absolute atomic E-state index is 11.3. The third-order valence-corrected chi connectivity index (χ3v) is 2.03. The second kappa shape index (κ2) is 2.35. The summed E-state index contributed by atoms with van der Waals surface area (Å²) in [4.78, 5) is 11.3. The predicted molar refractivity (Wildman–Crippen MR) is 48.5 cm³/mol. The van der Waals surface area contributed by atoms with Gasteiger partial charge in [0.1, 0.15) is 11.1 Å². The minimum atomic E-state index is -0.310. The number of H-pyrrole nitrogens is 1. The van der Waals surface area contributed by atoms with Gasteiger partial charge >= 0.3 is 0 Å². The summed E-state index contributed by atoms with van der Waals surface area (Å²) in [5, 5.41) is 7.28. The highest BCUT2D eigenvalue weighted by Gasteiger charge is 2.13. The molecular weight excluding hydrogens is 170 g/mol. The summed E-state index contributed by atoms with van der Waals surface area (Å²) < 4.78 is 5.14. The lowest BCUT2D eigenvalue weighted by Crippen LogP contribution is -2.09. The Morgan fingerprint density at radius 3 is 2.69 bits per heavy atom. The molecule has 0 radical (unpaired) electrons. The van der Waals surface area contributed by atoms with E-state index >= 15 is 0 Å². The molecule has 0 bridgehead atoms. The molecule has 2 aromatic heterocycles. The van der Waals surface area contributed by atoms with Gasteiger partial charge in [-0.05, 0) is 13.8 Å². The lowest BCUT2D eigenvalue weighted by Gasteiger charge is -1.92. The van der Waals surface area contributed by atoms with Crippen LogP contribution in [0, 0.1) is 13.8 Å². The van der Waals surface area contributed by atoms with Crippen molar-refractivity contribution in [3.8, 4) is 0 Å². The van der Waals surface area contributed by atoms with E-state index in [4.69, 9.17) is 10.2 Å². The number of fused-ring (bicyclic) bond motifs is 1. The summed E-state index contributed by atoms with van der Waals surface area (Å²) in [6.07, 6.45) is 0. The molecule has 13 heavy (non-hydrogen) atoms. The first-order valence-corrected chi connectivity index (χ1v) is 3.85. The normalized spacial score (nSPS) is 10.9. The first-order valence-electron chi connectivity index (χ1n) is 3.85. The van der Waals surface area contributed by atoms with Gasteiger partial charge in [0.15, 0.2) is 0 Å². The maximum atomic E-state index is 11.3. The molecule has 0 amide bonds. The zero-order chi connectivity index (χ0) is 9.59. The summed E-state index contributed by atoms with van der Waals surface area (Å²) >= 11 is 0. The summed E-state index contributed by atoms with van der Waals surface area (Å²) in [5.74, 6) is 0.780. The molecule has 2 aromatic rings. The molecule has 2 rings (SSSR count). The van der Waals surface area contributed by atoms with Gasteiger partial charge in [-0.1, -0.05) is 0 Å². The predicted octanol–water partition coefficient (Wildman–Crippen LogP) is 0.715. The van der Waals surface area contributed by atoms with E-state index in [0.717, 1.165) is 0 Å². The highest BCUT2D eigenvalue weighted by molar-refractivity contribution is 5.93. The highest BCUT2D eigenvalue weighted by atomic mass is 16.4. The molecular formula is C8H9N3O2. The van der Waals surface area contributed by atoms with Gasteiger partial charge in [-0.25, -0.2) is 5.10 Å². The number of anilines is 1. The fourth-order valence-corrected chi connectivity index (χ4v) is 1.47. The molecule has 3 N–H and O–H groups in total. The zero-order valence-electron chi connectivity index (χ0n) is 7.34. The van der Waals surface area contributed by atoms with Crippen LogP contribution in [0.4, 0.5) is 5.88 Å². The summed E-state index contributed by atoms with van der Waals surface area (Å²) in [6, 6.07) is 0. The molecule has 0 atom stereocenters. The lowest BCUT2D eigenvalue weighted by molar-refractivity contribution is 0.558. The lowest BCUT2D eigenvalue weighted by atomic mass is 10.2. The van der Waals surface area contributed by atoms with Gasteiger partial charge in [-0.3, -0.25) is 4.79 Å². The molecule has 0 aliphatic rings. The van der Waals surface area contributed by atoms with Crippen LogP contribution in [0.5, 0.6) is 0 Å². The van der Waals surface area contributed by atoms with E-state index < -0.39 is 0 Å². The number of furan rings is 1. The van der Waals surface area contributed by atoms with Crippen molar-refractivity contribution in [2.24, 2.45) is 0 Å². The number of hydrogen-bond donors (Lipinski definition) is 2. The Kier molecular flexibility index (Phi) is 1.42. The average Bonchev–Trinajstić information content (AvgIpc) is 2.36. The van der Waals surface area contributed by atoms with Crippen LogP contribution in [0.2, 0.25) is 0 Å². The number of aromatic nitrogens is 2. The van der Waals surface area contributed by atoms with Crippen LogP contribution in [-0.2, 0) is 0 Å². The van der Waals surface area contributed by atoms with Crippen LogP contribution in [0.3, 0.4) is 0 Å². The van der Waals surface area contributed by atoms with Gasteiger partial charge in [0.2, 0.25) is 5.88 Å². The van der Waals surface area contributed by atoms with Crippen LogP contribution < -0.4 is 11.3 Å². The van der Waals surface area contributed by atoms with E-state index in [-0.39, 0.29) is 11.4 Å². The van der Waals surface area contributed by atoms with E-state index in [0.29, 0.717) is 22.2 Å². The highest BCUT2D eigenvalue weighted by Crippen LogP contribution is 2.25. The fourth-order valence-electron chi connectivity index (χ4n) is 1.47. The Morgan fingerprint density at radius 2 is 2.08 bits per heavy atom. The summed E-state index contributed by atoms with van der Waals surface area (Å²) in [7, 11) is 0. The largest absolute Gasteiger partial charge is 0.445 e. The molecule has 0 fully saturated rings. The van der Waals surface area contributed by atoms with Crippen molar-refractivity contribution < 1.29 is 4.42 Å². The van der Waals surface area contributed by atoms with Crippen LogP contribution in [0.15, 0.2) is 9.21 Å². The molecule has 68 valence electrons. The number of nitrogens with two attached hydrogens (primary N) is 1. The summed E-state index contributed by atoms with van der Waals surface area (Å²) in [6.45, 7) is 3.55. The van der Waals surface area contributed by atoms with E-state index in [1.165, 1.54) is 0 Å². The quantitative estimate of drug-likeness (QED) is 0.623. The number of nitrogen functional groups attached to an aromatic ring is 1. The van der Waals surface area contributed by atoms with Crippen molar-refractivity contribution >= 4 is 16.7 Å². The smallest absolute Gasteiger partial charge is 0.277 e. The third-order valence-electron chi connectivity index (χ3n) is 2.03. The summed E-state index contributed by atoms with van der Waals surface area (Å²) in [5.41, 5.74) is 5.94.